The van der Waals surface area contributed by atoms with Gasteiger partial charge in [-0.15, -0.1) is 10.2 Å². The molecule has 2 aromatic heterocycles. The van der Waals surface area contributed by atoms with Gasteiger partial charge in [-0.05, 0) is 12.1 Å². The van der Waals surface area contributed by atoms with Crippen molar-refractivity contribution < 1.29 is 9.90 Å². The SMILES string of the molecule is O=C(O)CSc1nncn2c1cc1ccccc12. The molecule has 0 spiro atoms. The van der Waals surface area contributed by atoms with Gasteiger partial charge in [-0.3, -0.25) is 9.20 Å². The molecule has 0 aliphatic rings. The van der Waals surface area contributed by atoms with Gasteiger partial charge in [-0.25, -0.2) is 0 Å². The summed E-state index contributed by atoms with van der Waals surface area (Å²) in [6.45, 7) is 0. The highest BCUT2D eigenvalue weighted by atomic mass is 32.2. The summed E-state index contributed by atoms with van der Waals surface area (Å²) in [7, 11) is 0. The van der Waals surface area contributed by atoms with Crippen LogP contribution in [0.3, 0.4) is 0 Å². The molecule has 2 heterocycles. The first kappa shape index (κ1) is 11.0. The summed E-state index contributed by atoms with van der Waals surface area (Å²) in [6, 6.07) is 9.92. The van der Waals surface area contributed by atoms with Crippen molar-refractivity contribution >= 4 is 34.2 Å². The minimum absolute atomic E-state index is 0.0180. The maximum absolute atomic E-state index is 10.6. The number of hydrogen-bond acceptors (Lipinski definition) is 4. The maximum Gasteiger partial charge on any atom is 0.313 e. The van der Waals surface area contributed by atoms with Crippen LogP contribution < -0.4 is 0 Å². The van der Waals surface area contributed by atoms with Crippen LogP contribution in [0.4, 0.5) is 0 Å². The number of thioether (sulfide) groups is 1. The van der Waals surface area contributed by atoms with Gasteiger partial charge in [0.05, 0.1) is 16.8 Å². The molecule has 18 heavy (non-hydrogen) atoms. The van der Waals surface area contributed by atoms with E-state index in [9.17, 15) is 4.79 Å². The molecule has 90 valence electrons. The molecule has 0 bridgehead atoms. The number of aromatic nitrogens is 3. The third kappa shape index (κ3) is 1.80. The summed E-state index contributed by atoms with van der Waals surface area (Å²) in [5.74, 6) is -0.879. The smallest absolute Gasteiger partial charge is 0.313 e. The minimum atomic E-state index is -0.861. The van der Waals surface area contributed by atoms with Gasteiger partial charge in [0.25, 0.3) is 0 Å². The molecular formula is C12H9N3O2S. The van der Waals surface area contributed by atoms with Crippen LogP contribution in [0.15, 0.2) is 41.7 Å². The molecule has 0 radical (unpaired) electrons. The standard InChI is InChI=1S/C12H9N3O2S/c16-11(17)6-18-12-10-5-8-3-1-2-4-9(8)15(10)7-13-14-12/h1-5,7H,6H2,(H,16,17). The summed E-state index contributed by atoms with van der Waals surface area (Å²) in [5, 5.41) is 18.3. The number of carboxylic acids is 1. The summed E-state index contributed by atoms with van der Waals surface area (Å²) in [5.41, 5.74) is 1.93. The average Bonchev–Trinajstić information content (AvgIpc) is 2.75. The highest BCUT2D eigenvalue weighted by Crippen LogP contribution is 2.26. The van der Waals surface area contributed by atoms with Gasteiger partial charge in [0, 0.05) is 5.39 Å². The molecule has 5 nitrogen and oxygen atoms in total. The highest BCUT2D eigenvalue weighted by Gasteiger charge is 2.10. The molecule has 0 aliphatic carbocycles. The van der Waals surface area contributed by atoms with Gasteiger partial charge in [-0.1, -0.05) is 30.0 Å². The Hall–Kier alpha value is -2.08. The monoisotopic (exact) mass is 259 g/mol. The molecule has 0 unspecified atom stereocenters. The quantitative estimate of drug-likeness (QED) is 0.729. The second-order valence-electron chi connectivity index (χ2n) is 3.78. The van der Waals surface area contributed by atoms with Gasteiger partial charge < -0.3 is 5.11 Å². The fraction of sp³-hybridized carbons (Fsp3) is 0.0833. The van der Waals surface area contributed by atoms with Crippen molar-refractivity contribution in [2.24, 2.45) is 0 Å². The van der Waals surface area contributed by atoms with Crippen molar-refractivity contribution in [3.05, 3.63) is 36.7 Å². The van der Waals surface area contributed by atoms with E-state index >= 15 is 0 Å². The molecule has 1 N–H and O–H groups in total. The van der Waals surface area contributed by atoms with E-state index in [0.29, 0.717) is 5.03 Å². The fourth-order valence-electron chi connectivity index (χ4n) is 1.88. The summed E-state index contributed by atoms with van der Waals surface area (Å²) in [4.78, 5) is 10.6. The molecule has 3 aromatic rings. The number of carboxylic acid groups (broad SMARTS) is 1. The lowest BCUT2D eigenvalue weighted by Crippen LogP contribution is -2.00. The number of hydrogen-bond donors (Lipinski definition) is 1. The fourth-order valence-corrected chi connectivity index (χ4v) is 2.55. The Bertz CT molecular complexity index is 738. The molecule has 6 heteroatoms. The Kier molecular flexibility index (Phi) is 2.64. The zero-order chi connectivity index (χ0) is 12.5. The van der Waals surface area contributed by atoms with Crippen molar-refractivity contribution in [2.75, 3.05) is 5.75 Å². The second kappa shape index (κ2) is 4.30. The molecule has 0 saturated heterocycles. The van der Waals surface area contributed by atoms with Crippen LogP contribution in [0.25, 0.3) is 16.4 Å². The van der Waals surface area contributed by atoms with Crippen molar-refractivity contribution in [1.82, 2.24) is 14.6 Å². The van der Waals surface area contributed by atoms with Gasteiger partial charge in [0.2, 0.25) is 0 Å². The van der Waals surface area contributed by atoms with Gasteiger partial charge in [0.15, 0.2) is 0 Å². The van der Waals surface area contributed by atoms with E-state index in [-0.39, 0.29) is 5.75 Å². The normalized spacial score (nSPS) is 11.1. The van der Waals surface area contributed by atoms with Crippen LogP contribution in [0.2, 0.25) is 0 Å². The van der Waals surface area contributed by atoms with E-state index in [0.717, 1.165) is 16.4 Å². The van der Waals surface area contributed by atoms with Crippen LogP contribution in [0, 0.1) is 0 Å². The predicted octanol–water partition coefficient (Wildman–Crippen LogP) is 2.06. The molecule has 1 aromatic carbocycles. The highest BCUT2D eigenvalue weighted by molar-refractivity contribution is 8.00. The minimum Gasteiger partial charge on any atom is -0.481 e. The number of para-hydroxylation sites is 1. The Morgan fingerprint density at radius 1 is 1.33 bits per heavy atom. The third-order valence-corrected chi connectivity index (χ3v) is 3.57. The summed E-state index contributed by atoms with van der Waals surface area (Å²) >= 11 is 1.18. The van der Waals surface area contributed by atoms with Crippen LogP contribution in [-0.2, 0) is 4.79 Å². The Labute approximate surface area is 106 Å². The van der Waals surface area contributed by atoms with E-state index < -0.39 is 5.97 Å². The number of fused-ring (bicyclic) bond motifs is 3. The number of carbonyl (C=O) groups is 1. The van der Waals surface area contributed by atoms with E-state index in [4.69, 9.17) is 5.11 Å². The molecule has 0 aliphatic heterocycles. The lowest BCUT2D eigenvalue weighted by atomic mass is 10.2. The molecule has 3 rings (SSSR count). The van der Waals surface area contributed by atoms with E-state index in [1.54, 1.807) is 6.33 Å². The van der Waals surface area contributed by atoms with Crippen LogP contribution in [0.5, 0.6) is 0 Å². The lowest BCUT2D eigenvalue weighted by molar-refractivity contribution is -0.133. The van der Waals surface area contributed by atoms with E-state index in [1.165, 1.54) is 11.8 Å². The largest absolute Gasteiger partial charge is 0.481 e. The molecule has 0 fully saturated rings. The Morgan fingerprint density at radius 2 is 2.17 bits per heavy atom. The predicted molar refractivity (Wildman–Crippen MR) is 68.9 cm³/mol. The molecular weight excluding hydrogens is 250 g/mol. The maximum atomic E-state index is 10.6. The molecule has 0 saturated carbocycles. The van der Waals surface area contributed by atoms with Crippen molar-refractivity contribution in [3.8, 4) is 0 Å². The zero-order valence-electron chi connectivity index (χ0n) is 9.28. The first-order valence-electron chi connectivity index (χ1n) is 5.32. The third-order valence-electron chi connectivity index (χ3n) is 2.62. The van der Waals surface area contributed by atoms with Crippen molar-refractivity contribution in [3.63, 3.8) is 0 Å². The number of rotatable bonds is 3. The Morgan fingerprint density at radius 3 is 3.00 bits per heavy atom. The topological polar surface area (TPSA) is 67.5 Å². The summed E-state index contributed by atoms with van der Waals surface area (Å²) < 4.78 is 1.92. The van der Waals surface area contributed by atoms with Gasteiger partial charge in [0.1, 0.15) is 11.4 Å². The number of nitrogens with zero attached hydrogens (tertiary/aromatic N) is 3. The first-order valence-corrected chi connectivity index (χ1v) is 6.30. The molecule has 0 amide bonds. The van der Waals surface area contributed by atoms with E-state index in [1.807, 2.05) is 34.7 Å². The van der Waals surface area contributed by atoms with Gasteiger partial charge in [-0.2, -0.15) is 0 Å². The molecule has 0 atom stereocenters. The van der Waals surface area contributed by atoms with Crippen molar-refractivity contribution in [1.29, 1.82) is 0 Å². The number of aliphatic carboxylic acids is 1. The van der Waals surface area contributed by atoms with Crippen LogP contribution >= 0.6 is 11.8 Å². The second-order valence-corrected chi connectivity index (χ2v) is 4.74. The summed E-state index contributed by atoms with van der Waals surface area (Å²) in [6.07, 6.45) is 1.64. The lowest BCUT2D eigenvalue weighted by Gasteiger charge is -2.00. The zero-order valence-corrected chi connectivity index (χ0v) is 10.1. The van der Waals surface area contributed by atoms with Crippen molar-refractivity contribution in [2.45, 2.75) is 5.03 Å². The average molecular weight is 259 g/mol. The first-order chi connectivity index (χ1) is 8.75. The van der Waals surface area contributed by atoms with Crippen LogP contribution in [-0.4, -0.2) is 31.4 Å². The van der Waals surface area contributed by atoms with E-state index in [2.05, 4.69) is 10.2 Å². The van der Waals surface area contributed by atoms with Gasteiger partial charge >= 0.3 is 5.97 Å². The van der Waals surface area contributed by atoms with Crippen LogP contribution in [0.1, 0.15) is 0 Å². The Balaban J connectivity index is 2.18. The number of benzene rings is 1.